The van der Waals surface area contributed by atoms with E-state index in [-0.39, 0.29) is 37.0 Å². The molecule has 0 unspecified atom stereocenters. The molecule has 0 saturated carbocycles. The van der Waals surface area contributed by atoms with Crippen molar-refractivity contribution < 1.29 is 23.9 Å². The third-order valence-electron chi connectivity index (χ3n) is 2.92. The summed E-state index contributed by atoms with van der Waals surface area (Å²) in [6, 6.07) is 6.97. The van der Waals surface area contributed by atoms with Gasteiger partial charge in [0.2, 0.25) is 0 Å². The topological polar surface area (TPSA) is 69.7 Å². The Bertz CT molecular complexity index is 543. The smallest absolute Gasteiger partial charge is 0.309 e. The first-order chi connectivity index (χ1) is 10.6. The Morgan fingerprint density at radius 3 is 2.32 bits per heavy atom. The first-order valence-electron chi connectivity index (χ1n) is 7.09. The lowest BCUT2D eigenvalue weighted by atomic mass is 10.0. The van der Waals surface area contributed by atoms with Crippen molar-refractivity contribution in [2.24, 2.45) is 0 Å². The zero-order valence-electron chi connectivity index (χ0n) is 12.8. The van der Waals surface area contributed by atoms with Crippen molar-refractivity contribution in [3.05, 3.63) is 41.5 Å². The van der Waals surface area contributed by atoms with E-state index in [0.29, 0.717) is 12.2 Å². The first-order valence-corrected chi connectivity index (χ1v) is 7.09. The Morgan fingerprint density at radius 1 is 1.05 bits per heavy atom. The number of methoxy groups -OCH3 is 1. The summed E-state index contributed by atoms with van der Waals surface area (Å²) in [6.07, 6.45) is 3.91. The maximum atomic E-state index is 11.9. The van der Waals surface area contributed by atoms with E-state index in [2.05, 4.69) is 4.74 Å². The predicted molar refractivity (Wildman–Crippen MR) is 82.3 cm³/mol. The zero-order chi connectivity index (χ0) is 16.4. The first kappa shape index (κ1) is 17.6. The molecule has 22 heavy (non-hydrogen) atoms. The van der Waals surface area contributed by atoms with Crippen LogP contribution in [-0.2, 0) is 19.1 Å². The number of rotatable bonds is 8. The van der Waals surface area contributed by atoms with Crippen molar-refractivity contribution in [1.82, 2.24) is 0 Å². The van der Waals surface area contributed by atoms with E-state index in [9.17, 15) is 14.4 Å². The minimum atomic E-state index is -0.363. The molecule has 1 rings (SSSR count). The number of carbonyl (C=O) groups is 3. The lowest BCUT2D eigenvalue weighted by Gasteiger charge is -2.02. The van der Waals surface area contributed by atoms with Gasteiger partial charge in [-0.15, -0.1) is 0 Å². The van der Waals surface area contributed by atoms with E-state index < -0.39 is 0 Å². The average molecular weight is 304 g/mol. The fourth-order valence-electron chi connectivity index (χ4n) is 1.75. The van der Waals surface area contributed by atoms with E-state index in [1.165, 1.54) is 7.11 Å². The maximum Gasteiger partial charge on any atom is 0.309 e. The molecule has 0 aliphatic rings. The highest BCUT2D eigenvalue weighted by Gasteiger charge is 2.09. The number of Topliss-reactive ketones (excluding diaryl/α,β-unsaturated/α-hetero) is 1. The molecule has 0 radical (unpaired) electrons. The fourth-order valence-corrected chi connectivity index (χ4v) is 1.75. The summed E-state index contributed by atoms with van der Waals surface area (Å²) in [7, 11) is 1.34. The van der Waals surface area contributed by atoms with Gasteiger partial charge >= 0.3 is 11.9 Å². The van der Waals surface area contributed by atoms with Gasteiger partial charge in [0.15, 0.2) is 5.78 Å². The van der Waals surface area contributed by atoms with Gasteiger partial charge in [0.25, 0.3) is 0 Å². The molecule has 0 spiro atoms. The Balaban J connectivity index is 2.51. The fraction of sp³-hybridized carbons (Fsp3) is 0.353. The summed E-state index contributed by atoms with van der Waals surface area (Å²) in [5.41, 5.74) is 1.43. The van der Waals surface area contributed by atoms with Crippen LogP contribution in [-0.4, -0.2) is 31.4 Å². The normalized spacial score (nSPS) is 10.5. The number of hydrogen-bond acceptors (Lipinski definition) is 5. The summed E-state index contributed by atoms with van der Waals surface area (Å²) < 4.78 is 9.31. The number of hydrogen-bond donors (Lipinski definition) is 0. The van der Waals surface area contributed by atoms with Crippen molar-refractivity contribution >= 4 is 23.8 Å². The van der Waals surface area contributed by atoms with Crippen LogP contribution in [0.3, 0.4) is 0 Å². The molecule has 0 fully saturated rings. The Hall–Kier alpha value is -2.43. The van der Waals surface area contributed by atoms with E-state index >= 15 is 0 Å². The molecular weight excluding hydrogens is 284 g/mol. The summed E-state index contributed by atoms with van der Waals surface area (Å²) in [5, 5.41) is 0. The van der Waals surface area contributed by atoms with Gasteiger partial charge in [-0.3, -0.25) is 14.4 Å². The monoisotopic (exact) mass is 304 g/mol. The highest BCUT2D eigenvalue weighted by molar-refractivity contribution is 5.97. The largest absolute Gasteiger partial charge is 0.469 e. The minimum absolute atomic E-state index is 0.0907. The molecule has 5 nitrogen and oxygen atoms in total. The van der Waals surface area contributed by atoms with Gasteiger partial charge in [0, 0.05) is 12.0 Å². The minimum Gasteiger partial charge on any atom is -0.469 e. The molecule has 0 aliphatic carbocycles. The molecule has 0 atom stereocenters. The number of esters is 2. The molecule has 5 heteroatoms. The van der Waals surface area contributed by atoms with Crippen LogP contribution in [0.15, 0.2) is 30.3 Å². The van der Waals surface area contributed by atoms with E-state index in [4.69, 9.17) is 4.74 Å². The summed E-state index contributed by atoms with van der Waals surface area (Å²) in [5.74, 6) is -0.765. The van der Waals surface area contributed by atoms with Gasteiger partial charge < -0.3 is 9.47 Å². The molecular formula is C17H20O5. The molecule has 0 N–H and O–H groups in total. The summed E-state index contributed by atoms with van der Waals surface area (Å²) in [4.78, 5) is 34.1. The standard InChI is InChI=1S/C17H20O5/c1-3-22-17(20)12-11-15(18)14-9-7-13(8-10-14)5-4-6-16(19)21-2/h4-5,7-10H,3,6,11-12H2,1-2H3. The second kappa shape index (κ2) is 9.50. The van der Waals surface area contributed by atoms with Gasteiger partial charge in [0.05, 0.1) is 26.6 Å². The Kier molecular flexibility index (Phi) is 7.61. The maximum absolute atomic E-state index is 11.9. The highest BCUT2D eigenvalue weighted by Crippen LogP contribution is 2.10. The van der Waals surface area contributed by atoms with Crippen LogP contribution in [0.5, 0.6) is 0 Å². The van der Waals surface area contributed by atoms with Crippen molar-refractivity contribution in [3.63, 3.8) is 0 Å². The van der Waals surface area contributed by atoms with Crippen molar-refractivity contribution in [2.75, 3.05) is 13.7 Å². The van der Waals surface area contributed by atoms with Gasteiger partial charge in [-0.1, -0.05) is 36.4 Å². The highest BCUT2D eigenvalue weighted by atomic mass is 16.5. The van der Waals surface area contributed by atoms with Crippen LogP contribution in [0, 0.1) is 0 Å². The van der Waals surface area contributed by atoms with E-state index in [0.717, 1.165) is 5.56 Å². The van der Waals surface area contributed by atoms with Crippen LogP contribution < -0.4 is 0 Å². The van der Waals surface area contributed by atoms with Crippen LogP contribution >= 0.6 is 0 Å². The number of ketones is 1. The van der Waals surface area contributed by atoms with Crippen molar-refractivity contribution in [2.45, 2.75) is 26.2 Å². The number of ether oxygens (including phenoxy) is 2. The molecule has 0 saturated heterocycles. The molecule has 118 valence electrons. The van der Waals surface area contributed by atoms with Gasteiger partial charge in [-0.25, -0.2) is 0 Å². The lowest BCUT2D eigenvalue weighted by molar-refractivity contribution is -0.143. The van der Waals surface area contributed by atoms with Gasteiger partial charge in [-0.05, 0) is 12.5 Å². The van der Waals surface area contributed by atoms with E-state index in [1.807, 2.05) is 0 Å². The van der Waals surface area contributed by atoms with Gasteiger partial charge in [-0.2, -0.15) is 0 Å². The molecule has 0 aliphatic heterocycles. The number of benzene rings is 1. The predicted octanol–water partition coefficient (Wildman–Crippen LogP) is 2.79. The van der Waals surface area contributed by atoms with Gasteiger partial charge in [0.1, 0.15) is 0 Å². The zero-order valence-corrected chi connectivity index (χ0v) is 12.8. The molecule has 0 bridgehead atoms. The molecule has 1 aromatic rings. The molecule has 0 aromatic heterocycles. The molecule has 0 heterocycles. The lowest BCUT2D eigenvalue weighted by Crippen LogP contribution is -2.07. The Labute approximate surface area is 129 Å². The van der Waals surface area contributed by atoms with Crippen LogP contribution in [0.1, 0.15) is 42.1 Å². The average Bonchev–Trinajstić information content (AvgIpc) is 2.53. The SMILES string of the molecule is CCOC(=O)CCC(=O)c1ccc(C=CCC(=O)OC)cc1. The molecule has 0 amide bonds. The molecule has 1 aromatic carbocycles. The Morgan fingerprint density at radius 2 is 1.73 bits per heavy atom. The third-order valence-corrected chi connectivity index (χ3v) is 2.92. The second-order valence-electron chi connectivity index (χ2n) is 4.53. The summed E-state index contributed by atoms with van der Waals surface area (Å²) in [6.45, 7) is 2.05. The summed E-state index contributed by atoms with van der Waals surface area (Å²) >= 11 is 0. The van der Waals surface area contributed by atoms with Crippen molar-refractivity contribution in [3.8, 4) is 0 Å². The van der Waals surface area contributed by atoms with Crippen LogP contribution in [0.4, 0.5) is 0 Å². The van der Waals surface area contributed by atoms with Crippen molar-refractivity contribution in [1.29, 1.82) is 0 Å². The second-order valence-corrected chi connectivity index (χ2v) is 4.53. The quantitative estimate of drug-likeness (QED) is 0.545. The third kappa shape index (κ3) is 6.35. The number of carbonyl (C=O) groups excluding carboxylic acids is 3. The van der Waals surface area contributed by atoms with Crippen LogP contribution in [0.25, 0.3) is 6.08 Å². The van der Waals surface area contributed by atoms with E-state index in [1.54, 1.807) is 43.3 Å². The van der Waals surface area contributed by atoms with Crippen LogP contribution in [0.2, 0.25) is 0 Å².